The van der Waals surface area contributed by atoms with E-state index in [1.54, 1.807) is 0 Å². The fourth-order valence-corrected chi connectivity index (χ4v) is 1.48. The van der Waals surface area contributed by atoms with Crippen LogP contribution in [0.3, 0.4) is 0 Å². The summed E-state index contributed by atoms with van der Waals surface area (Å²) in [6, 6.07) is 10.1. The predicted molar refractivity (Wildman–Crippen MR) is 67.4 cm³/mol. The molecule has 16 heavy (non-hydrogen) atoms. The van der Waals surface area contributed by atoms with Crippen molar-refractivity contribution in [3.63, 3.8) is 0 Å². The second kappa shape index (κ2) is 6.11. The SMILES string of the molecule is CC.CC(C)c1ocnc1-c1ccccc1. The van der Waals surface area contributed by atoms with E-state index in [9.17, 15) is 0 Å². The van der Waals surface area contributed by atoms with E-state index in [-0.39, 0.29) is 0 Å². The molecule has 0 aliphatic carbocycles. The van der Waals surface area contributed by atoms with E-state index in [0.717, 1.165) is 17.0 Å². The van der Waals surface area contributed by atoms with Crippen molar-refractivity contribution in [3.05, 3.63) is 42.5 Å². The molecule has 1 aromatic heterocycles. The van der Waals surface area contributed by atoms with Gasteiger partial charge >= 0.3 is 0 Å². The van der Waals surface area contributed by atoms with Gasteiger partial charge in [0.15, 0.2) is 6.39 Å². The van der Waals surface area contributed by atoms with Crippen LogP contribution in [-0.4, -0.2) is 4.98 Å². The lowest BCUT2D eigenvalue weighted by Crippen LogP contribution is -1.88. The van der Waals surface area contributed by atoms with Gasteiger partial charge in [-0.25, -0.2) is 4.98 Å². The first-order valence-electron chi connectivity index (χ1n) is 5.78. The second-order valence-corrected chi connectivity index (χ2v) is 3.59. The summed E-state index contributed by atoms with van der Waals surface area (Å²) in [6.07, 6.45) is 1.51. The Balaban J connectivity index is 0.000000606. The lowest BCUT2D eigenvalue weighted by Gasteiger charge is -2.03. The molecule has 2 heteroatoms. The molecule has 0 aliphatic rings. The van der Waals surface area contributed by atoms with Crippen molar-refractivity contribution in [2.45, 2.75) is 33.6 Å². The van der Waals surface area contributed by atoms with Gasteiger partial charge in [-0.1, -0.05) is 58.0 Å². The molecule has 2 rings (SSSR count). The third-order valence-corrected chi connectivity index (χ3v) is 2.17. The second-order valence-electron chi connectivity index (χ2n) is 3.59. The molecule has 0 atom stereocenters. The molecule has 0 bridgehead atoms. The highest BCUT2D eigenvalue weighted by Crippen LogP contribution is 2.27. The Morgan fingerprint density at radius 1 is 1.06 bits per heavy atom. The maximum absolute atomic E-state index is 5.37. The summed E-state index contributed by atoms with van der Waals surface area (Å²) in [5.74, 6) is 1.32. The molecule has 0 saturated carbocycles. The number of oxazole rings is 1. The van der Waals surface area contributed by atoms with Crippen molar-refractivity contribution in [1.29, 1.82) is 0 Å². The van der Waals surface area contributed by atoms with E-state index in [1.165, 1.54) is 6.39 Å². The van der Waals surface area contributed by atoms with Gasteiger partial charge in [-0.05, 0) is 0 Å². The molecule has 0 unspecified atom stereocenters. The molecule has 0 fully saturated rings. The lowest BCUT2D eigenvalue weighted by atomic mass is 10.0. The van der Waals surface area contributed by atoms with Crippen molar-refractivity contribution in [1.82, 2.24) is 4.98 Å². The number of hydrogen-bond acceptors (Lipinski definition) is 2. The average molecular weight is 217 g/mol. The van der Waals surface area contributed by atoms with Crippen LogP contribution >= 0.6 is 0 Å². The maximum atomic E-state index is 5.37. The maximum Gasteiger partial charge on any atom is 0.181 e. The van der Waals surface area contributed by atoms with Gasteiger partial charge in [-0.3, -0.25) is 0 Å². The van der Waals surface area contributed by atoms with Crippen molar-refractivity contribution in [3.8, 4) is 11.3 Å². The number of aromatic nitrogens is 1. The van der Waals surface area contributed by atoms with Gasteiger partial charge in [0, 0.05) is 11.5 Å². The van der Waals surface area contributed by atoms with E-state index in [2.05, 4.69) is 18.8 Å². The van der Waals surface area contributed by atoms with E-state index < -0.39 is 0 Å². The highest BCUT2D eigenvalue weighted by molar-refractivity contribution is 5.61. The van der Waals surface area contributed by atoms with Crippen LogP contribution in [0.25, 0.3) is 11.3 Å². The molecular weight excluding hydrogens is 198 g/mol. The fourth-order valence-electron chi connectivity index (χ4n) is 1.48. The lowest BCUT2D eigenvalue weighted by molar-refractivity contribution is 0.483. The number of hydrogen-bond donors (Lipinski definition) is 0. The van der Waals surface area contributed by atoms with E-state index in [1.807, 2.05) is 44.2 Å². The molecule has 0 radical (unpaired) electrons. The van der Waals surface area contributed by atoms with Crippen LogP contribution in [0.15, 0.2) is 41.1 Å². The fraction of sp³-hybridized carbons (Fsp3) is 0.357. The first kappa shape index (κ1) is 12.5. The molecule has 0 amide bonds. The smallest absolute Gasteiger partial charge is 0.181 e. The van der Waals surface area contributed by atoms with Crippen molar-refractivity contribution in [2.75, 3.05) is 0 Å². The zero-order valence-electron chi connectivity index (χ0n) is 10.4. The van der Waals surface area contributed by atoms with Crippen LogP contribution < -0.4 is 0 Å². The average Bonchev–Trinajstić information content (AvgIpc) is 2.82. The Kier molecular flexibility index (Phi) is 4.77. The summed E-state index contributed by atoms with van der Waals surface area (Å²) in [7, 11) is 0. The van der Waals surface area contributed by atoms with Crippen LogP contribution in [0.1, 0.15) is 39.4 Å². The van der Waals surface area contributed by atoms with Crippen LogP contribution in [-0.2, 0) is 0 Å². The monoisotopic (exact) mass is 217 g/mol. The van der Waals surface area contributed by atoms with Gasteiger partial charge in [-0.15, -0.1) is 0 Å². The highest BCUT2D eigenvalue weighted by Gasteiger charge is 2.12. The molecule has 0 N–H and O–H groups in total. The molecule has 1 heterocycles. The largest absolute Gasteiger partial charge is 0.448 e. The summed E-state index contributed by atoms with van der Waals surface area (Å²) in [4.78, 5) is 4.24. The Labute approximate surface area is 97.3 Å². The number of nitrogens with zero attached hydrogens (tertiary/aromatic N) is 1. The van der Waals surface area contributed by atoms with Gasteiger partial charge in [0.25, 0.3) is 0 Å². The van der Waals surface area contributed by atoms with E-state index >= 15 is 0 Å². The topological polar surface area (TPSA) is 26.0 Å². The van der Waals surface area contributed by atoms with Gasteiger partial charge in [0.1, 0.15) is 11.5 Å². The molecular formula is C14H19NO. The predicted octanol–water partition coefficient (Wildman–Crippen LogP) is 4.49. The quantitative estimate of drug-likeness (QED) is 0.740. The van der Waals surface area contributed by atoms with Gasteiger partial charge in [0.05, 0.1) is 0 Å². The molecule has 2 aromatic rings. The van der Waals surface area contributed by atoms with Crippen LogP contribution in [0.2, 0.25) is 0 Å². The van der Waals surface area contributed by atoms with Crippen LogP contribution in [0.4, 0.5) is 0 Å². The number of rotatable bonds is 2. The molecule has 0 saturated heterocycles. The standard InChI is InChI=1S/C12H13NO.C2H6/c1-9(2)12-11(13-8-14-12)10-6-4-3-5-7-10;1-2/h3-9H,1-2H3;1-2H3. The van der Waals surface area contributed by atoms with E-state index in [4.69, 9.17) is 4.42 Å². The summed E-state index contributed by atoms with van der Waals surface area (Å²) in [5, 5.41) is 0. The summed E-state index contributed by atoms with van der Waals surface area (Å²) in [6.45, 7) is 8.21. The van der Waals surface area contributed by atoms with E-state index in [0.29, 0.717) is 5.92 Å². The summed E-state index contributed by atoms with van der Waals surface area (Å²) >= 11 is 0. The Hall–Kier alpha value is -1.57. The molecule has 0 aliphatic heterocycles. The Morgan fingerprint density at radius 2 is 1.69 bits per heavy atom. The first-order chi connectivity index (χ1) is 7.79. The third kappa shape index (κ3) is 2.72. The minimum Gasteiger partial charge on any atom is -0.448 e. The first-order valence-corrected chi connectivity index (χ1v) is 5.78. The Morgan fingerprint density at radius 3 is 2.25 bits per heavy atom. The molecule has 0 spiro atoms. The van der Waals surface area contributed by atoms with Gasteiger partial charge in [-0.2, -0.15) is 0 Å². The normalized spacial score (nSPS) is 9.81. The third-order valence-electron chi connectivity index (χ3n) is 2.17. The van der Waals surface area contributed by atoms with Gasteiger partial charge < -0.3 is 4.42 Å². The van der Waals surface area contributed by atoms with Crippen LogP contribution in [0, 0.1) is 0 Å². The highest BCUT2D eigenvalue weighted by atomic mass is 16.3. The molecule has 2 nitrogen and oxygen atoms in total. The van der Waals surface area contributed by atoms with Crippen LogP contribution in [0.5, 0.6) is 0 Å². The minimum absolute atomic E-state index is 0.368. The van der Waals surface area contributed by atoms with Crippen molar-refractivity contribution >= 4 is 0 Å². The van der Waals surface area contributed by atoms with Crippen molar-refractivity contribution in [2.24, 2.45) is 0 Å². The minimum atomic E-state index is 0.368. The van der Waals surface area contributed by atoms with Crippen molar-refractivity contribution < 1.29 is 4.42 Å². The number of benzene rings is 1. The van der Waals surface area contributed by atoms with Gasteiger partial charge in [0.2, 0.25) is 0 Å². The molecule has 1 aromatic carbocycles. The summed E-state index contributed by atoms with van der Waals surface area (Å²) < 4.78 is 5.37. The zero-order chi connectivity index (χ0) is 12.0. The Bertz CT molecular complexity index is 404. The zero-order valence-corrected chi connectivity index (χ0v) is 10.4. The summed E-state index contributed by atoms with van der Waals surface area (Å²) in [5.41, 5.74) is 2.07. The molecule has 86 valence electrons.